The van der Waals surface area contributed by atoms with Gasteiger partial charge in [-0.15, -0.1) is 11.3 Å². The third kappa shape index (κ3) is 3.79. The van der Waals surface area contributed by atoms with Gasteiger partial charge in [-0.1, -0.05) is 18.7 Å². The third-order valence-electron chi connectivity index (χ3n) is 2.26. The molecule has 0 saturated carbocycles. The van der Waals surface area contributed by atoms with E-state index in [1.54, 1.807) is 11.3 Å². The first-order valence-electron chi connectivity index (χ1n) is 5.66. The Morgan fingerprint density at radius 3 is 3.06 bits per heavy atom. The van der Waals surface area contributed by atoms with Crippen molar-refractivity contribution in [1.82, 2.24) is 4.98 Å². The Kier molecular flexibility index (Phi) is 5.00. The van der Waals surface area contributed by atoms with Crippen LogP contribution in [0.5, 0.6) is 0 Å². The minimum Gasteiger partial charge on any atom is -0.399 e. The van der Waals surface area contributed by atoms with Crippen molar-refractivity contribution in [2.24, 2.45) is 0 Å². The summed E-state index contributed by atoms with van der Waals surface area (Å²) in [6, 6.07) is 5.91. The van der Waals surface area contributed by atoms with Gasteiger partial charge in [0.05, 0.1) is 10.2 Å². The molecular weight excluding hydrogens is 268 g/mol. The molecule has 2 aromatic rings. The Hall–Kier alpha value is -0.390. The molecule has 17 heavy (non-hydrogen) atoms. The summed E-state index contributed by atoms with van der Waals surface area (Å²) in [6.07, 6.45) is 1.25. The second-order valence-corrected chi connectivity index (χ2v) is 7.37. The molecule has 2 rings (SSSR count). The van der Waals surface area contributed by atoms with Crippen molar-refractivity contribution in [2.75, 3.05) is 23.0 Å². The van der Waals surface area contributed by atoms with Crippen LogP contribution < -0.4 is 5.73 Å². The Balaban J connectivity index is 1.91. The molecule has 0 radical (unpaired) electrons. The van der Waals surface area contributed by atoms with E-state index in [2.05, 4.69) is 11.9 Å². The van der Waals surface area contributed by atoms with Crippen LogP contribution in [0.15, 0.2) is 22.5 Å². The quantitative estimate of drug-likeness (QED) is 0.492. The fourth-order valence-corrected chi connectivity index (χ4v) is 4.39. The molecule has 2 N–H and O–H groups in total. The molecule has 5 heteroatoms. The number of fused-ring (bicyclic) bond motifs is 1. The molecule has 1 aromatic carbocycles. The number of nitrogens with zero attached hydrogens (tertiary/aromatic N) is 1. The molecule has 92 valence electrons. The van der Waals surface area contributed by atoms with E-state index >= 15 is 0 Å². The highest BCUT2D eigenvalue weighted by Gasteiger charge is 2.04. The van der Waals surface area contributed by atoms with Gasteiger partial charge in [-0.25, -0.2) is 4.98 Å². The van der Waals surface area contributed by atoms with Crippen LogP contribution in [0.4, 0.5) is 5.69 Å². The second-order valence-electron chi connectivity index (χ2n) is 3.61. The summed E-state index contributed by atoms with van der Waals surface area (Å²) < 4.78 is 2.35. The summed E-state index contributed by atoms with van der Waals surface area (Å²) in [6.45, 7) is 2.20. The molecule has 0 aliphatic heterocycles. The van der Waals surface area contributed by atoms with Crippen LogP contribution in [0.25, 0.3) is 10.2 Å². The van der Waals surface area contributed by atoms with Crippen LogP contribution >= 0.6 is 34.9 Å². The fraction of sp³-hybridized carbons (Fsp3) is 0.417. The number of hydrogen-bond donors (Lipinski definition) is 1. The summed E-state index contributed by atoms with van der Waals surface area (Å²) in [5.41, 5.74) is 7.64. The van der Waals surface area contributed by atoms with Gasteiger partial charge in [0.25, 0.3) is 0 Å². The lowest BCUT2D eigenvalue weighted by Crippen LogP contribution is -1.84. The van der Waals surface area contributed by atoms with E-state index in [9.17, 15) is 0 Å². The highest BCUT2D eigenvalue weighted by molar-refractivity contribution is 8.01. The van der Waals surface area contributed by atoms with Crippen LogP contribution in [0.1, 0.15) is 13.3 Å². The van der Waals surface area contributed by atoms with Gasteiger partial charge in [0, 0.05) is 11.4 Å². The predicted octanol–water partition coefficient (Wildman–Crippen LogP) is 4.11. The van der Waals surface area contributed by atoms with Crippen molar-refractivity contribution in [3.63, 3.8) is 0 Å². The lowest BCUT2D eigenvalue weighted by atomic mass is 10.3. The monoisotopic (exact) mass is 284 g/mol. The highest BCUT2D eigenvalue weighted by atomic mass is 32.2. The number of nitrogens with two attached hydrogens (primary N) is 1. The van der Waals surface area contributed by atoms with Gasteiger partial charge in [-0.2, -0.15) is 11.8 Å². The van der Waals surface area contributed by atoms with Crippen molar-refractivity contribution in [3.05, 3.63) is 18.2 Å². The minimum atomic E-state index is 0.817. The van der Waals surface area contributed by atoms with Gasteiger partial charge in [0.2, 0.25) is 0 Å². The highest BCUT2D eigenvalue weighted by Crippen LogP contribution is 2.31. The van der Waals surface area contributed by atoms with Crippen LogP contribution in [0.3, 0.4) is 0 Å². The topological polar surface area (TPSA) is 38.9 Å². The first kappa shape index (κ1) is 13.1. The van der Waals surface area contributed by atoms with E-state index in [0.29, 0.717) is 0 Å². The lowest BCUT2D eigenvalue weighted by molar-refractivity contribution is 1.12. The molecular formula is C12H16N2S3. The SMILES string of the molecule is CCSCCCSc1nc2ccc(N)cc2s1. The zero-order valence-electron chi connectivity index (χ0n) is 9.81. The van der Waals surface area contributed by atoms with E-state index < -0.39 is 0 Å². The number of rotatable bonds is 6. The van der Waals surface area contributed by atoms with E-state index in [1.807, 2.05) is 41.7 Å². The minimum absolute atomic E-state index is 0.817. The van der Waals surface area contributed by atoms with Gasteiger partial charge in [-0.05, 0) is 36.1 Å². The molecule has 0 aliphatic carbocycles. The number of nitrogen functional groups attached to an aromatic ring is 1. The zero-order chi connectivity index (χ0) is 12.1. The molecule has 0 atom stereocenters. The first-order chi connectivity index (χ1) is 8.29. The first-order valence-corrected chi connectivity index (χ1v) is 8.62. The van der Waals surface area contributed by atoms with Crippen LogP contribution in [-0.4, -0.2) is 22.2 Å². The summed E-state index contributed by atoms with van der Waals surface area (Å²) in [4.78, 5) is 4.59. The Bertz CT molecular complexity index is 482. The van der Waals surface area contributed by atoms with Gasteiger partial charge in [0.1, 0.15) is 0 Å². The summed E-state index contributed by atoms with van der Waals surface area (Å²) in [5.74, 6) is 3.62. The molecule has 1 aromatic heterocycles. The number of benzene rings is 1. The molecule has 1 heterocycles. The standard InChI is InChI=1S/C12H16N2S3/c1-2-15-6-3-7-16-12-14-10-5-4-9(13)8-11(10)17-12/h4-5,8H,2-3,6-7,13H2,1H3. The smallest absolute Gasteiger partial charge is 0.151 e. The maximum Gasteiger partial charge on any atom is 0.151 e. The number of aromatic nitrogens is 1. The largest absolute Gasteiger partial charge is 0.399 e. The van der Waals surface area contributed by atoms with Crippen molar-refractivity contribution in [2.45, 2.75) is 17.7 Å². The second kappa shape index (κ2) is 6.52. The molecule has 0 unspecified atom stereocenters. The van der Waals surface area contributed by atoms with Gasteiger partial charge < -0.3 is 5.73 Å². The zero-order valence-corrected chi connectivity index (χ0v) is 12.3. The van der Waals surface area contributed by atoms with Crippen molar-refractivity contribution >= 4 is 50.8 Å². The normalized spacial score (nSPS) is 11.1. The number of thiazole rings is 1. The lowest BCUT2D eigenvalue weighted by Gasteiger charge is -1.96. The van der Waals surface area contributed by atoms with Gasteiger partial charge in [0.15, 0.2) is 4.34 Å². The van der Waals surface area contributed by atoms with E-state index in [0.717, 1.165) is 21.3 Å². The van der Waals surface area contributed by atoms with Crippen LogP contribution in [0, 0.1) is 0 Å². The number of hydrogen-bond acceptors (Lipinski definition) is 5. The molecule has 0 amide bonds. The third-order valence-corrected chi connectivity index (χ3v) is 5.49. The maximum absolute atomic E-state index is 5.76. The Morgan fingerprint density at radius 2 is 2.24 bits per heavy atom. The average molecular weight is 284 g/mol. The Morgan fingerprint density at radius 1 is 1.35 bits per heavy atom. The molecule has 0 saturated heterocycles. The van der Waals surface area contributed by atoms with Gasteiger partial charge in [-0.3, -0.25) is 0 Å². The van der Waals surface area contributed by atoms with Crippen molar-refractivity contribution in [1.29, 1.82) is 0 Å². The molecule has 0 fully saturated rings. The van der Waals surface area contributed by atoms with E-state index in [4.69, 9.17) is 5.73 Å². The molecule has 2 nitrogen and oxygen atoms in total. The van der Waals surface area contributed by atoms with Gasteiger partial charge >= 0.3 is 0 Å². The Labute approximate surface area is 114 Å². The molecule has 0 spiro atoms. The van der Waals surface area contributed by atoms with Crippen LogP contribution in [0.2, 0.25) is 0 Å². The molecule has 0 bridgehead atoms. The van der Waals surface area contributed by atoms with Crippen molar-refractivity contribution in [3.8, 4) is 0 Å². The summed E-state index contributed by atoms with van der Waals surface area (Å²) >= 11 is 5.60. The average Bonchev–Trinajstić information content (AvgIpc) is 2.70. The maximum atomic E-state index is 5.76. The summed E-state index contributed by atoms with van der Waals surface area (Å²) in [5, 5.41) is 0. The predicted molar refractivity (Wildman–Crippen MR) is 82.4 cm³/mol. The van der Waals surface area contributed by atoms with Crippen LogP contribution in [-0.2, 0) is 0 Å². The van der Waals surface area contributed by atoms with Crippen molar-refractivity contribution < 1.29 is 0 Å². The number of thioether (sulfide) groups is 2. The fourth-order valence-electron chi connectivity index (χ4n) is 1.45. The van der Waals surface area contributed by atoms with E-state index in [-0.39, 0.29) is 0 Å². The molecule has 0 aliphatic rings. The number of anilines is 1. The summed E-state index contributed by atoms with van der Waals surface area (Å²) in [7, 11) is 0. The van der Waals surface area contributed by atoms with E-state index in [1.165, 1.54) is 22.6 Å².